The minimum Gasteiger partial charge on any atom is -0.485 e. The highest BCUT2D eigenvalue weighted by Gasteiger charge is 2.12. The number of benzene rings is 2. The third kappa shape index (κ3) is 2.90. The molecule has 0 bridgehead atoms. The van der Waals surface area contributed by atoms with E-state index < -0.39 is 11.6 Å². The Balaban J connectivity index is 2.24. The van der Waals surface area contributed by atoms with Crippen LogP contribution in [-0.2, 0) is 6.61 Å². The van der Waals surface area contributed by atoms with E-state index in [1.165, 1.54) is 24.3 Å². The molecular formula is C14H9ClF2O2. The first-order valence-corrected chi connectivity index (χ1v) is 5.80. The third-order valence-corrected chi connectivity index (χ3v) is 2.82. The van der Waals surface area contributed by atoms with Crippen molar-refractivity contribution in [1.29, 1.82) is 0 Å². The number of ether oxygens (including phenoxy) is 1. The summed E-state index contributed by atoms with van der Waals surface area (Å²) in [6, 6.07) is 8.41. The van der Waals surface area contributed by atoms with Crippen LogP contribution < -0.4 is 4.74 Å². The highest BCUT2D eigenvalue weighted by Crippen LogP contribution is 2.24. The van der Waals surface area contributed by atoms with Gasteiger partial charge in [-0.05, 0) is 18.2 Å². The Kier molecular flexibility index (Phi) is 4.12. The van der Waals surface area contributed by atoms with Crippen molar-refractivity contribution in [3.63, 3.8) is 0 Å². The summed E-state index contributed by atoms with van der Waals surface area (Å²) < 4.78 is 32.3. The monoisotopic (exact) mass is 282 g/mol. The van der Waals surface area contributed by atoms with E-state index in [4.69, 9.17) is 16.3 Å². The van der Waals surface area contributed by atoms with Crippen molar-refractivity contribution >= 4 is 17.9 Å². The van der Waals surface area contributed by atoms with Gasteiger partial charge in [0.25, 0.3) is 0 Å². The number of hydrogen-bond acceptors (Lipinski definition) is 2. The molecule has 0 aliphatic carbocycles. The third-order valence-electron chi connectivity index (χ3n) is 2.53. The Bertz CT molecular complexity index is 614. The van der Waals surface area contributed by atoms with Crippen molar-refractivity contribution in [2.24, 2.45) is 0 Å². The smallest absolute Gasteiger partial charge is 0.165 e. The lowest BCUT2D eigenvalue weighted by Crippen LogP contribution is -2.02. The van der Waals surface area contributed by atoms with Crippen LogP contribution in [0.25, 0.3) is 0 Å². The SMILES string of the molecule is O=Cc1cccc(F)c1OCc1cccc(Cl)c1F. The van der Waals surface area contributed by atoms with Gasteiger partial charge in [-0.15, -0.1) is 0 Å². The Morgan fingerprint density at radius 1 is 1.16 bits per heavy atom. The highest BCUT2D eigenvalue weighted by atomic mass is 35.5. The number of carbonyl (C=O) groups excluding carboxylic acids is 1. The minimum absolute atomic E-state index is 0.0368. The van der Waals surface area contributed by atoms with Gasteiger partial charge in [0.05, 0.1) is 10.6 Å². The summed E-state index contributed by atoms with van der Waals surface area (Å²) in [6.45, 7) is -0.214. The number of aldehydes is 1. The van der Waals surface area contributed by atoms with Gasteiger partial charge in [-0.3, -0.25) is 4.79 Å². The van der Waals surface area contributed by atoms with Gasteiger partial charge >= 0.3 is 0 Å². The molecule has 0 aliphatic heterocycles. The van der Waals surface area contributed by atoms with Gasteiger partial charge in [0, 0.05) is 5.56 Å². The van der Waals surface area contributed by atoms with Crippen molar-refractivity contribution in [2.75, 3.05) is 0 Å². The topological polar surface area (TPSA) is 26.3 Å². The lowest BCUT2D eigenvalue weighted by molar-refractivity contribution is 0.111. The molecule has 98 valence electrons. The maximum Gasteiger partial charge on any atom is 0.165 e. The zero-order valence-electron chi connectivity index (χ0n) is 9.70. The fourth-order valence-electron chi connectivity index (χ4n) is 1.58. The van der Waals surface area contributed by atoms with Crippen molar-refractivity contribution < 1.29 is 18.3 Å². The van der Waals surface area contributed by atoms with E-state index in [2.05, 4.69) is 0 Å². The van der Waals surface area contributed by atoms with Gasteiger partial charge in [0.1, 0.15) is 12.4 Å². The van der Waals surface area contributed by atoms with E-state index in [0.717, 1.165) is 6.07 Å². The molecule has 0 unspecified atom stereocenters. The van der Waals surface area contributed by atoms with E-state index in [0.29, 0.717) is 6.29 Å². The van der Waals surface area contributed by atoms with Gasteiger partial charge < -0.3 is 4.74 Å². The summed E-state index contributed by atoms with van der Waals surface area (Å²) in [5, 5.41) is -0.0368. The Hall–Kier alpha value is -1.94. The summed E-state index contributed by atoms with van der Waals surface area (Å²) in [7, 11) is 0. The molecule has 19 heavy (non-hydrogen) atoms. The Morgan fingerprint density at radius 2 is 1.89 bits per heavy atom. The van der Waals surface area contributed by atoms with Crippen LogP contribution in [0, 0.1) is 11.6 Å². The predicted molar refractivity (Wildman–Crippen MR) is 67.5 cm³/mol. The Morgan fingerprint density at radius 3 is 2.63 bits per heavy atom. The second kappa shape index (κ2) is 5.80. The van der Waals surface area contributed by atoms with E-state index in [1.54, 1.807) is 6.07 Å². The molecule has 0 radical (unpaired) electrons. The molecule has 0 N–H and O–H groups in total. The number of rotatable bonds is 4. The van der Waals surface area contributed by atoms with Crippen LogP contribution in [0.5, 0.6) is 5.75 Å². The summed E-state index contributed by atoms with van der Waals surface area (Å²) in [4.78, 5) is 10.8. The molecule has 0 saturated carbocycles. The van der Waals surface area contributed by atoms with Gasteiger partial charge in [0.15, 0.2) is 17.9 Å². The largest absolute Gasteiger partial charge is 0.485 e. The predicted octanol–water partition coefficient (Wildman–Crippen LogP) is 4.01. The van der Waals surface area contributed by atoms with E-state index >= 15 is 0 Å². The summed E-state index contributed by atoms with van der Waals surface area (Å²) in [5.41, 5.74) is 0.259. The van der Waals surface area contributed by atoms with Gasteiger partial charge in [-0.2, -0.15) is 0 Å². The number of halogens is 3. The Labute approximate surface area is 113 Å². The molecule has 0 atom stereocenters. The second-order valence-electron chi connectivity index (χ2n) is 3.78. The zero-order valence-corrected chi connectivity index (χ0v) is 10.5. The first-order valence-electron chi connectivity index (χ1n) is 5.43. The quantitative estimate of drug-likeness (QED) is 0.792. The molecule has 0 amide bonds. The van der Waals surface area contributed by atoms with Crippen LogP contribution >= 0.6 is 11.6 Å². The summed E-state index contributed by atoms with van der Waals surface area (Å²) >= 11 is 5.62. The van der Waals surface area contributed by atoms with Gasteiger partial charge in [-0.1, -0.05) is 29.8 Å². The standard InChI is InChI=1S/C14H9ClF2O2/c15-11-5-1-4-10(13(11)17)8-19-14-9(7-18)3-2-6-12(14)16/h1-7H,8H2. The molecule has 0 fully saturated rings. The van der Waals surface area contributed by atoms with E-state index in [1.807, 2.05) is 0 Å². The summed E-state index contributed by atoms with van der Waals surface area (Å²) in [6.07, 6.45) is 0.479. The first kappa shape index (κ1) is 13.5. The molecule has 0 aromatic heterocycles. The highest BCUT2D eigenvalue weighted by molar-refractivity contribution is 6.30. The number of para-hydroxylation sites is 1. The normalized spacial score (nSPS) is 10.3. The van der Waals surface area contributed by atoms with Crippen molar-refractivity contribution in [2.45, 2.75) is 6.61 Å². The van der Waals surface area contributed by atoms with Crippen LogP contribution in [0.3, 0.4) is 0 Å². The molecule has 2 nitrogen and oxygen atoms in total. The summed E-state index contributed by atoms with van der Waals surface area (Å²) in [5.74, 6) is -1.49. The number of hydrogen-bond donors (Lipinski definition) is 0. The minimum atomic E-state index is -0.674. The van der Waals surface area contributed by atoms with Crippen LogP contribution in [-0.4, -0.2) is 6.29 Å². The lowest BCUT2D eigenvalue weighted by atomic mass is 10.2. The van der Waals surface area contributed by atoms with Gasteiger partial charge in [-0.25, -0.2) is 8.78 Å². The van der Waals surface area contributed by atoms with Crippen molar-refractivity contribution in [3.05, 3.63) is 64.2 Å². The lowest BCUT2D eigenvalue weighted by Gasteiger charge is -2.10. The molecule has 0 spiro atoms. The molecule has 2 aromatic rings. The molecule has 2 rings (SSSR count). The first-order chi connectivity index (χ1) is 9.13. The fraction of sp³-hybridized carbons (Fsp3) is 0.0714. The zero-order chi connectivity index (χ0) is 13.8. The van der Waals surface area contributed by atoms with Crippen LogP contribution in [0.15, 0.2) is 36.4 Å². The molecule has 0 aliphatic rings. The fourth-order valence-corrected chi connectivity index (χ4v) is 1.77. The molecule has 2 aromatic carbocycles. The average Bonchev–Trinajstić information content (AvgIpc) is 2.41. The van der Waals surface area contributed by atoms with Crippen LogP contribution in [0.1, 0.15) is 15.9 Å². The van der Waals surface area contributed by atoms with E-state index in [9.17, 15) is 13.6 Å². The molecular weight excluding hydrogens is 274 g/mol. The molecule has 5 heteroatoms. The maximum atomic E-state index is 13.6. The average molecular weight is 283 g/mol. The van der Waals surface area contributed by atoms with Gasteiger partial charge in [0.2, 0.25) is 0 Å². The molecule has 0 saturated heterocycles. The van der Waals surface area contributed by atoms with Crippen LogP contribution in [0.4, 0.5) is 8.78 Å². The number of carbonyl (C=O) groups is 1. The maximum absolute atomic E-state index is 13.6. The second-order valence-corrected chi connectivity index (χ2v) is 4.18. The van der Waals surface area contributed by atoms with Crippen molar-refractivity contribution in [1.82, 2.24) is 0 Å². The van der Waals surface area contributed by atoms with Crippen LogP contribution in [0.2, 0.25) is 5.02 Å². The molecule has 0 heterocycles. The van der Waals surface area contributed by atoms with Crippen molar-refractivity contribution in [3.8, 4) is 5.75 Å². The van der Waals surface area contributed by atoms with E-state index in [-0.39, 0.29) is 28.5 Å².